The molecular weight excluding hydrogens is 448 g/mol. The molecule has 148 valence electrons. The molecule has 2 heterocycles. The molecule has 1 atom stereocenters. The van der Waals surface area contributed by atoms with Crippen molar-refractivity contribution in [3.8, 4) is 0 Å². The van der Waals surface area contributed by atoms with Crippen molar-refractivity contribution in [2.75, 3.05) is 44.3 Å². The smallest absolute Gasteiger partial charge is 0.191 e. The summed E-state index contributed by atoms with van der Waals surface area (Å²) in [5.41, 5.74) is 0. The minimum atomic E-state index is -0.272. The van der Waals surface area contributed by atoms with Crippen LogP contribution in [0.4, 0.5) is 10.2 Å². The number of halogens is 2. The van der Waals surface area contributed by atoms with Gasteiger partial charge in [-0.3, -0.25) is 4.99 Å². The Kier molecular flexibility index (Phi) is 10.8. The number of hydrogen-bond acceptors (Lipinski definition) is 4. The summed E-state index contributed by atoms with van der Waals surface area (Å²) < 4.78 is 19.4. The van der Waals surface area contributed by atoms with Crippen molar-refractivity contribution in [2.45, 2.75) is 33.2 Å². The molecular formula is C18H31FIN5O. The van der Waals surface area contributed by atoms with Crippen LogP contribution >= 0.6 is 24.0 Å². The van der Waals surface area contributed by atoms with Crippen LogP contribution in [0.1, 0.15) is 27.2 Å². The summed E-state index contributed by atoms with van der Waals surface area (Å²) in [5, 5.41) is 6.68. The second kappa shape index (κ2) is 12.3. The Morgan fingerprint density at radius 3 is 3.00 bits per heavy atom. The van der Waals surface area contributed by atoms with Crippen LogP contribution in [-0.4, -0.2) is 56.4 Å². The van der Waals surface area contributed by atoms with Gasteiger partial charge >= 0.3 is 0 Å². The Morgan fingerprint density at radius 2 is 2.31 bits per heavy atom. The first-order valence-electron chi connectivity index (χ1n) is 9.08. The van der Waals surface area contributed by atoms with E-state index in [4.69, 9.17) is 4.74 Å². The number of ether oxygens (including phenoxy) is 1. The molecule has 0 spiro atoms. The SMILES string of the molecule is CCNC(=NCCOCC(C)C)NC1CCN(c2ncccc2F)C1.I. The largest absolute Gasteiger partial charge is 0.379 e. The molecule has 1 unspecified atom stereocenters. The maximum absolute atomic E-state index is 13.9. The molecule has 0 aliphatic carbocycles. The summed E-state index contributed by atoms with van der Waals surface area (Å²) in [6.45, 7) is 10.6. The van der Waals surface area contributed by atoms with E-state index in [1.165, 1.54) is 6.07 Å². The lowest BCUT2D eigenvalue weighted by molar-refractivity contribution is 0.117. The number of anilines is 1. The Balaban J connectivity index is 0.00000338. The summed E-state index contributed by atoms with van der Waals surface area (Å²) in [5.74, 6) is 1.47. The number of aromatic nitrogens is 1. The predicted molar refractivity (Wildman–Crippen MR) is 115 cm³/mol. The quantitative estimate of drug-likeness (QED) is 0.260. The minimum Gasteiger partial charge on any atom is -0.379 e. The van der Waals surface area contributed by atoms with Gasteiger partial charge in [-0.2, -0.15) is 0 Å². The van der Waals surface area contributed by atoms with Crippen LogP contribution in [-0.2, 0) is 4.74 Å². The average Bonchev–Trinajstić information content (AvgIpc) is 3.03. The molecule has 1 saturated heterocycles. The van der Waals surface area contributed by atoms with Crippen molar-refractivity contribution in [1.29, 1.82) is 0 Å². The van der Waals surface area contributed by atoms with Gasteiger partial charge in [-0.15, -0.1) is 24.0 Å². The minimum absolute atomic E-state index is 0. The van der Waals surface area contributed by atoms with Crippen molar-refractivity contribution in [2.24, 2.45) is 10.9 Å². The fourth-order valence-electron chi connectivity index (χ4n) is 2.73. The first-order valence-corrected chi connectivity index (χ1v) is 9.08. The lowest BCUT2D eigenvalue weighted by Crippen LogP contribution is -2.44. The van der Waals surface area contributed by atoms with Crippen molar-refractivity contribution in [1.82, 2.24) is 15.6 Å². The van der Waals surface area contributed by atoms with Crippen molar-refractivity contribution in [3.63, 3.8) is 0 Å². The van der Waals surface area contributed by atoms with Crippen LogP contribution in [0, 0.1) is 11.7 Å². The second-order valence-corrected chi connectivity index (χ2v) is 6.61. The number of guanidine groups is 1. The van der Waals surface area contributed by atoms with Gasteiger partial charge in [0, 0.05) is 38.5 Å². The number of nitrogens with zero attached hydrogens (tertiary/aromatic N) is 3. The van der Waals surface area contributed by atoms with Gasteiger partial charge in [0.25, 0.3) is 0 Å². The molecule has 0 radical (unpaired) electrons. The van der Waals surface area contributed by atoms with E-state index in [1.807, 2.05) is 11.8 Å². The van der Waals surface area contributed by atoms with E-state index in [0.29, 0.717) is 31.4 Å². The average molecular weight is 479 g/mol. The number of nitrogens with one attached hydrogen (secondary N) is 2. The third-order valence-corrected chi connectivity index (χ3v) is 3.87. The highest BCUT2D eigenvalue weighted by Gasteiger charge is 2.25. The van der Waals surface area contributed by atoms with Crippen molar-refractivity contribution < 1.29 is 9.13 Å². The zero-order chi connectivity index (χ0) is 18.1. The van der Waals surface area contributed by atoms with Crippen LogP contribution in [0.25, 0.3) is 0 Å². The Hall–Kier alpha value is -1.16. The van der Waals surface area contributed by atoms with Crippen molar-refractivity contribution in [3.05, 3.63) is 24.1 Å². The molecule has 1 aliphatic heterocycles. The first kappa shape index (κ1) is 22.9. The Morgan fingerprint density at radius 1 is 1.50 bits per heavy atom. The molecule has 1 aromatic rings. The molecule has 1 aromatic heterocycles. The fourth-order valence-corrected chi connectivity index (χ4v) is 2.73. The van der Waals surface area contributed by atoms with E-state index in [2.05, 4.69) is 34.5 Å². The molecule has 2 N–H and O–H groups in total. The summed E-state index contributed by atoms with van der Waals surface area (Å²) in [7, 11) is 0. The fraction of sp³-hybridized carbons (Fsp3) is 0.667. The van der Waals surface area contributed by atoms with Crippen LogP contribution in [0.3, 0.4) is 0 Å². The lowest BCUT2D eigenvalue weighted by Gasteiger charge is -2.20. The molecule has 2 rings (SSSR count). The van der Waals surface area contributed by atoms with E-state index >= 15 is 0 Å². The zero-order valence-electron chi connectivity index (χ0n) is 15.9. The molecule has 0 amide bonds. The molecule has 6 nitrogen and oxygen atoms in total. The standard InChI is InChI=1S/C18H30FN5O.HI/c1-4-20-18(22-9-11-25-13-14(2)3)23-15-7-10-24(12-15)17-16(19)6-5-8-21-17;/h5-6,8,14-15H,4,7,9-13H2,1-3H3,(H2,20,22,23);1H. The maximum Gasteiger partial charge on any atom is 0.191 e. The van der Waals surface area contributed by atoms with Gasteiger partial charge in [-0.05, 0) is 31.4 Å². The molecule has 1 aliphatic rings. The number of pyridine rings is 1. The van der Waals surface area contributed by atoms with Crippen LogP contribution < -0.4 is 15.5 Å². The third-order valence-electron chi connectivity index (χ3n) is 3.87. The van der Waals surface area contributed by atoms with Crippen LogP contribution in [0.2, 0.25) is 0 Å². The highest BCUT2D eigenvalue weighted by molar-refractivity contribution is 14.0. The molecule has 0 bridgehead atoms. The van der Waals surface area contributed by atoms with E-state index in [9.17, 15) is 4.39 Å². The highest BCUT2D eigenvalue weighted by Crippen LogP contribution is 2.20. The molecule has 0 aromatic carbocycles. The molecule has 26 heavy (non-hydrogen) atoms. The zero-order valence-corrected chi connectivity index (χ0v) is 18.2. The first-order chi connectivity index (χ1) is 12.1. The number of hydrogen-bond donors (Lipinski definition) is 2. The van der Waals surface area contributed by atoms with Gasteiger partial charge in [0.05, 0.1) is 13.2 Å². The van der Waals surface area contributed by atoms with E-state index in [0.717, 1.165) is 32.1 Å². The molecule has 0 saturated carbocycles. The van der Waals surface area contributed by atoms with Gasteiger partial charge in [-0.1, -0.05) is 13.8 Å². The monoisotopic (exact) mass is 479 g/mol. The second-order valence-electron chi connectivity index (χ2n) is 6.61. The molecule has 1 fully saturated rings. The topological polar surface area (TPSA) is 61.8 Å². The predicted octanol–water partition coefficient (Wildman–Crippen LogP) is 2.65. The van der Waals surface area contributed by atoms with Gasteiger partial charge in [0.15, 0.2) is 17.6 Å². The summed E-state index contributed by atoms with van der Waals surface area (Å²) in [6, 6.07) is 3.28. The van der Waals surface area contributed by atoms with Gasteiger partial charge < -0.3 is 20.3 Å². The van der Waals surface area contributed by atoms with E-state index < -0.39 is 0 Å². The summed E-state index contributed by atoms with van der Waals surface area (Å²) in [6.07, 6.45) is 2.55. The van der Waals surface area contributed by atoms with Gasteiger partial charge in [-0.25, -0.2) is 9.37 Å². The van der Waals surface area contributed by atoms with Gasteiger partial charge in [0.2, 0.25) is 0 Å². The Labute approximate surface area is 173 Å². The Bertz CT molecular complexity index is 558. The van der Waals surface area contributed by atoms with Crippen LogP contribution in [0.15, 0.2) is 23.3 Å². The van der Waals surface area contributed by atoms with Crippen molar-refractivity contribution >= 4 is 35.8 Å². The summed E-state index contributed by atoms with van der Waals surface area (Å²) >= 11 is 0. The maximum atomic E-state index is 13.9. The lowest BCUT2D eigenvalue weighted by atomic mass is 10.2. The number of rotatable bonds is 8. The van der Waals surface area contributed by atoms with E-state index in [-0.39, 0.29) is 35.8 Å². The van der Waals surface area contributed by atoms with E-state index in [1.54, 1.807) is 12.3 Å². The third kappa shape index (κ3) is 7.61. The normalized spacial score (nSPS) is 17.3. The molecule has 8 heteroatoms. The van der Waals surface area contributed by atoms with Gasteiger partial charge in [0.1, 0.15) is 0 Å². The summed E-state index contributed by atoms with van der Waals surface area (Å²) in [4.78, 5) is 10.7. The highest BCUT2D eigenvalue weighted by atomic mass is 127. The van der Waals surface area contributed by atoms with Crippen LogP contribution in [0.5, 0.6) is 0 Å². The number of aliphatic imine (C=N–C) groups is 1.